The van der Waals surface area contributed by atoms with Gasteiger partial charge in [0.1, 0.15) is 23.4 Å². The van der Waals surface area contributed by atoms with Gasteiger partial charge >= 0.3 is 11.9 Å². The minimum absolute atomic E-state index is 0.200. The molecule has 3 fully saturated rings. The predicted molar refractivity (Wildman–Crippen MR) is 143 cm³/mol. The van der Waals surface area contributed by atoms with Gasteiger partial charge in [-0.3, -0.25) is 9.59 Å². The zero-order valence-corrected chi connectivity index (χ0v) is 24.0. The van der Waals surface area contributed by atoms with Gasteiger partial charge in [0, 0.05) is 31.8 Å². The van der Waals surface area contributed by atoms with Crippen LogP contribution >= 0.6 is 0 Å². The zero-order chi connectivity index (χ0) is 29.4. The van der Waals surface area contributed by atoms with Gasteiger partial charge in [-0.2, -0.15) is 0 Å². The fraction of sp³-hybridized carbons (Fsp3) is 0.645. The van der Waals surface area contributed by atoms with Gasteiger partial charge in [0.15, 0.2) is 5.78 Å². The minimum Gasteiger partial charge on any atom is -0.458 e. The molecule has 3 saturated carbocycles. The number of hydrogen-bond acceptors (Lipinski definition) is 9. The number of carbonyl (C=O) groups excluding carboxylic acids is 3. The number of aliphatic hydroxyl groups excluding tert-OH is 2. The Morgan fingerprint density at radius 1 is 1.07 bits per heavy atom. The predicted octanol–water partition coefficient (Wildman–Crippen LogP) is 2.75. The first-order chi connectivity index (χ1) is 18.7. The molecule has 9 atom stereocenters. The highest BCUT2D eigenvalue weighted by Gasteiger charge is 2.77. The molecule has 3 N–H and O–H groups in total. The highest BCUT2D eigenvalue weighted by Crippen LogP contribution is 2.67. The van der Waals surface area contributed by atoms with Crippen molar-refractivity contribution in [3.8, 4) is 0 Å². The van der Waals surface area contributed by atoms with Crippen LogP contribution in [0.2, 0.25) is 0 Å². The van der Waals surface area contributed by atoms with Crippen molar-refractivity contribution in [1.29, 1.82) is 0 Å². The summed E-state index contributed by atoms with van der Waals surface area (Å²) in [6.45, 7) is 7.97. The summed E-state index contributed by atoms with van der Waals surface area (Å²) in [5, 5.41) is 35.7. The van der Waals surface area contributed by atoms with Gasteiger partial charge < -0.3 is 29.5 Å². The summed E-state index contributed by atoms with van der Waals surface area (Å²) in [6, 6.07) is 8.32. The molecule has 4 aliphatic rings. The van der Waals surface area contributed by atoms with Crippen molar-refractivity contribution in [3.05, 3.63) is 47.0 Å². The van der Waals surface area contributed by atoms with Crippen LogP contribution in [-0.2, 0) is 23.8 Å². The lowest BCUT2D eigenvalue weighted by atomic mass is 9.41. The van der Waals surface area contributed by atoms with Crippen LogP contribution in [-0.4, -0.2) is 75.8 Å². The Morgan fingerprint density at radius 3 is 2.27 bits per heavy atom. The summed E-state index contributed by atoms with van der Waals surface area (Å²) in [4.78, 5) is 40.9. The third kappa shape index (κ3) is 3.70. The maximum atomic E-state index is 14.6. The van der Waals surface area contributed by atoms with Gasteiger partial charge in [0.2, 0.25) is 0 Å². The SMILES string of the molecule is CO[C@H]1C[C@H]2CC[C@@]2(OC(C)=O)[C@H]2[C@H](OC(=O)c3ccccc3)[C@]3(O)C[C@@H](O)C(C)=C([C@@H](O)C(=O)[C@]12C)C3(C)C. The number of ether oxygens (including phenoxy) is 3. The van der Waals surface area contributed by atoms with E-state index in [9.17, 15) is 29.7 Å². The Balaban J connectivity index is 1.83. The van der Waals surface area contributed by atoms with Crippen molar-refractivity contribution >= 4 is 17.7 Å². The lowest BCUT2D eigenvalue weighted by molar-refractivity contribution is -0.298. The first kappa shape index (κ1) is 28.9. The zero-order valence-electron chi connectivity index (χ0n) is 24.0. The highest BCUT2D eigenvalue weighted by molar-refractivity contribution is 5.94. The smallest absolute Gasteiger partial charge is 0.338 e. The molecule has 9 nitrogen and oxygen atoms in total. The van der Waals surface area contributed by atoms with Crippen molar-refractivity contribution in [2.75, 3.05) is 7.11 Å². The Hall–Kier alpha value is -2.59. The van der Waals surface area contributed by atoms with E-state index in [2.05, 4.69) is 0 Å². The van der Waals surface area contributed by atoms with E-state index < -0.39 is 70.1 Å². The summed E-state index contributed by atoms with van der Waals surface area (Å²) in [5.41, 5.74) is -5.21. The third-order valence-corrected chi connectivity index (χ3v) is 10.8. The van der Waals surface area contributed by atoms with Crippen molar-refractivity contribution in [3.63, 3.8) is 0 Å². The number of methoxy groups -OCH3 is 1. The number of hydrogen-bond donors (Lipinski definition) is 3. The van der Waals surface area contributed by atoms with Crippen LogP contribution < -0.4 is 0 Å². The largest absolute Gasteiger partial charge is 0.458 e. The molecule has 0 heterocycles. The molecule has 0 saturated heterocycles. The molecule has 1 aromatic rings. The molecule has 5 rings (SSSR count). The Morgan fingerprint density at radius 2 is 1.73 bits per heavy atom. The number of fused-ring (bicyclic) bond motifs is 5. The van der Waals surface area contributed by atoms with Crippen LogP contribution in [0.15, 0.2) is 41.5 Å². The fourth-order valence-electron chi connectivity index (χ4n) is 8.52. The average Bonchev–Trinajstić information content (AvgIpc) is 2.89. The van der Waals surface area contributed by atoms with Gasteiger partial charge in [-0.15, -0.1) is 0 Å². The Labute approximate surface area is 234 Å². The average molecular weight is 557 g/mol. The van der Waals surface area contributed by atoms with E-state index in [1.165, 1.54) is 14.0 Å². The molecule has 218 valence electrons. The molecular formula is C31H40O9. The number of esters is 2. The van der Waals surface area contributed by atoms with Crippen LogP contribution in [0, 0.1) is 22.7 Å². The minimum atomic E-state index is -1.96. The lowest BCUT2D eigenvalue weighted by Crippen LogP contribution is -2.78. The second kappa shape index (κ2) is 9.48. The summed E-state index contributed by atoms with van der Waals surface area (Å²) >= 11 is 0. The van der Waals surface area contributed by atoms with Gasteiger partial charge in [0.05, 0.1) is 29.1 Å². The first-order valence-corrected chi connectivity index (χ1v) is 14.0. The summed E-state index contributed by atoms with van der Waals surface area (Å²) in [6.07, 6.45) is -3.76. The van der Waals surface area contributed by atoms with E-state index in [1.807, 2.05) is 0 Å². The standard InChI is InChI=1S/C31H40O9/c1-16-20(33)15-31(37)26(39-27(36)18-10-8-7-9-11-18)24-29(5,25(35)23(34)22(16)28(31,3)4)21(38-6)14-19-12-13-30(19,24)40-17(2)32/h7-11,19-21,23-24,26,33-34,37H,12-15H2,1-6H3/t19-,20-,21+,23-,24+,26+,29-,30+,31-/m1/s1. The number of ketones is 1. The number of Topliss-reactive ketones (excluding diaryl/α,β-unsaturated/α-hetero) is 1. The van der Waals surface area contributed by atoms with Crippen LogP contribution in [0.25, 0.3) is 0 Å². The van der Waals surface area contributed by atoms with Gasteiger partial charge in [0.25, 0.3) is 0 Å². The number of rotatable bonds is 4. The van der Waals surface area contributed by atoms with E-state index in [1.54, 1.807) is 58.0 Å². The van der Waals surface area contributed by atoms with E-state index in [-0.39, 0.29) is 23.5 Å². The molecular weight excluding hydrogens is 516 g/mol. The van der Waals surface area contributed by atoms with Crippen molar-refractivity contribution in [1.82, 2.24) is 0 Å². The van der Waals surface area contributed by atoms with Crippen molar-refractivity contribution in [2.24, 2.45) is 22.7 Å². The molecule has 0 amide bonds. The molecule has 4 aliphatic carbocycles. The third-order valence-electron chi connectivity index (χ3n) is 10.8. The number of benzene rings is 1. The van der Waals surface area contributed by atoms with E-state index in [0.29, 0.717) is 24.8 Å². The lowest BCUT2D eigenvalue weighted by Gasteiger charge is -2.68. The number of carbonyl (C=O) groups is 3. The van der Waals surface area contributed by atoms with E-state index in [0.717, 1.165) is 0 Å². The topological polar surface area (TPSA) is 140 Å². The molecule has 1 aromatic carbocycles. The van der Waals surface area contributed by atoms with Crippen molar-refractivity contribution < 1.29 is 43.9 Å². The molecule has 0 unspecified atom stereocenters. The molecule has 0 aliphatic heterocycles. The van der Waals surface area contributed by atoms with Gasteiger partial charge in [-0.1, -0.05) is 32.0 Å². The second-order valence-corrected chi connectivity index (χ2v) is 12.8. The summed E-state index contributed by atoms with van der Waals surface area (Å²) in [7, 11) is 1.49. The monoisotopic (exact) mass is 556 g/mol. The van der Waals surface area contributed by atoms with Crippen LogP contribution in [0.3, 0.4) is 0 Å². The van der Waals surface area contributed by atoms with Gasteiger partial charge in [-0.25, -0.2) is 4.79 Å². The van der Waals surface area contributed by atoms with E-state index in [4.69, 9.17) is 14.2 Å². The molecule has 0 radical (unpaired) electrons. The maximum absolute atomic E-state index is 14.6. The summed E-state index contributed by atoms with van der Waals surface area (Å²) in [5.74, 6) is -3.16. The summed E-state index contributed by atoms with van der Waals surface area (Å²) < 4.78 is 18.3. The molecule has 0 aromatic heterocycles. The Bertz CT molecular complexity index is 1250. The fourth-order valence-corrected chi connectivity index (χ4v) is 8.52. The molecule has 40 heavy (non-hydrogen) atoms. The Kier molecular flexibility index (Phi) is 6.85. The van der Waals surface area contributed by atoms with Crippen LogP contribution in [0.4, 0.5) is 0 Å². The molecule has 9 heteroatoms. The van der Waals surface area contributed by atoms with Gasteiger partial charge in [-0.05, 0) is 56.4 Å². The first-order valence-electron chi connectivity index (χ1n) is 14.0. The number of aliphatic hydroxyl groups is 3. The van der Waals surface area contributed by atoms with Crippen molar-refractivity contribution in [2.45, 2.75) is 95.9 Å². The second-order valence-electron chi connectivity index (χ2n) is 12.8. The van der Waals surface area contributed by atoms with Crippen LogP contribution in [0.5, 0.6) is 0 Å². The maximum Gasteiger partial charge on any atom is 0.338 e. The normalized spacial score (nSPS) is 42.0. The quantitative estimate of drug-likeness (QED) is 0.377. The molecule has 0 spiro atoms. The molecule has 2 bridgehead atoms. The van der Waals surface area contributed by atoms with Crippen LogP contribution in [0.1, 0.15) is 70.7 Å². The van der Waals surface area contributed by atoms with E-state index >= 15 is 0 Å². The highest BCUT2D eigenvalue weighted by atomic mass is 16.6.